The minimum absolute atomic E-state index is 0.0891. The summed E-state index contributed by atoms with van der Waals surface area (Å²) in [5, 5.41) is 10.2. The van der Waals surface area contributed by atoms with Gasteiger partial charge in [0.25, 0.3) is 0 Å². The number of thiophene rings is 1. The molecule has 2 N–H and O–H groups in total. The molecular weight excluding hydrogens is 446 g/mol. The number of nitrogens with one attached hydrogen (secondary N) is 2. The van der Waals surface area contributed by atoms with Crippen molar-refractivity contribution < 1.29 is 9.59 Å². The van der Waals surface area contributed by atoms with Crippen molar-refractivity contribution in [3.8, 4) is 10.6 Å². The Bertz CT molecular complexity index is 1030. The second kappa shape index (κ2) is 10.4. The molecule has 1 aliphatic carbocycles. The summed E-state index contributed by atoms with van der Waals surface area (Å²) >= 11 is 4.53. The van der Waals surface area contributed by atoms with Gasteiger partial charge in [0.2, 0.25) is 11.8 Å². The number of thiazole rings is 1. The topological polar surface area (TPSA) is 71.1 Å². The maximum absolute atomic E-state index is 12.6. The molecule has 1 atom stereocenters. The van der Waals surface area contributed by atoms with Crippen LogP contribution in [-0.4, -0.2) is 22.0 Å². The molecule has 1 aromatic carbocycles. The van der Waals surface area contributed by atoms with Crippen molar-refractivity contribution in [2.75, 3.05) is 10.6 Å². The zero-order valence-electron chi connectivity index (χ0n) is 17.3. The van der Waals surface area contributed by atoms with Crippen LogP contribution < -0.4 is 10.6 Å². The van der Waals surface area contributed by atoms with Crippen molar-refractivity contribution in [2.24, 2.45) is 5.92 Å². The van der Waals surface area contributed by atoms with Crippen molar-refractivity contribution in [3.05, 3.63) is 47.2 Å². The third kappa shape index (κ3) is 5.96. The van der Waals surface area contributed by atoms with Crippen LogP contribution in [0.2, 0.25) is 0 Å². The SMILES string of the molecule is CC(Sc1cccc(NC(=O)C2CCCCC2)c1)C(=O)Nc1nc(-c2cccs2)cs1. The lowest BCUT2D eigenvalue weighted by molar-refractivity contribution is -0.120. The molecule has 0 aliphatic heterocycles. The summed E-state index contributed by atoms with van der Waals surface area (Å²) in [4.78, 5) is 31.7. The molecule has 162 valence electrons. The highest BCUT2D eigenvalue weighted by Crippen LogP contribution is 2.31. The molecule has 1 fully saturated rings. The summed E-state index contributed by atoms with van der Waals surface area (Å²) < 4.78 is 0. The number of carbonyl (C=O) groups is 2. The molecule has 4 rings (SSSR count). The molecule has 0 spiro atoms. The van der Waals surface area contributed by atoms with Gasteiger partial charge in [-0.3, -0.25) is 9.59 Å². The van der Waals surface area contributed by atoms with Gasteiger partial charge in [-0.15, -0.1) is 34.4 Å². The maximum atomic E-state index is 12.6. The molecular formula is C23H25N3O2S3. The number of nitrogens with zero attached hydrogens (tertiary/aromatic N) is 1. The second-order valence-electron chi connectivity index (χ2n) is 7.62. The van der Waals surface area contributed by atoms with Crippen LogP contribution in [0.4, 0.5) is 10.8 Å². The van der Waals surface area contributed by atoms with Crippen molar-refractivity contribution in [2.45, 2.75) is 49.2 Å². The molecule has 3 aromatic rings. The smallest absolute Gasteiger partial charge is 0.239 e. The highest BCUT2D eigenvalue weighted by molar-refractivity contribution is 8.00. The number of benzene rings is 1. The van der Waals surface area contributed by atoms with Gasteiger partial charge >= 0.3 is 0 Å². The van der Waals surface area contributed by atoms with Crippen LogP contribution in [0.1, 0.15) is 39.0 Å². The fourth-order valence-electron chi connectivity index (χ4n) is 3.59. The van der Waals surface area contributed by atoms with E-state index in [-0.39, 0.29) is 23.0 Å². The first-order chi connectivity index (χ1) is 15.1. The van der Waals surface area contributed by atoms with Crippen molar-refractivity contribution in [3.63, 3.8) is 0 Å². The first-order valence-electron chi connectivity index (χ1n) is 10.5. The fraction of sp³-hybridized carbons (Fsp3) is 0.348. The van der Waals surface area contributed by atoms with Crippen molar-refractivity contribution in [1.29, 1.82) is 0 Å². The van der Waals surface area contributed by atoms with Gasteiger partial charge < -0.3 is 10.6 Å². The zero-order chi connectivity index (χ0) is 21.6. The molecule has 0 bridgehead atoms. The molecule has 31 heavy (non-hydrogen) atoms. The van der Waals surface area contributed by atoms with Gasteiger partial charge in [-0.05, 0) is 49.4 Å². The highest BCUT2D eigenvalue weighted by Gasteiger charge is 2.21. The average Bonchev–Trinajstić information content (AvgIpc) is 3.46. The number of aromatic nitrogens is 1. The van der Waals surface area contributed by atoms with E-state index in [9.17, 15) is 9.59 Å². The Kier molecular flexibility index (Phi) is 7.42. The summed E-state index contributed by atoms with van der Waals surface area (Å²) in [6, 6.07) is 11.7. The predicted molar refractivity (Wildman–Crippen MR) is 131 cm³/mol. The molecule has 1 unspecified atom stereocenters. The van der Waals surface area contributed by atoms with E-state index in [1.807, 2.05) is 54.1 Å². The van der Waals surface area contributed by atoms with Crippen LogP contribution in [0, 0.1) is 5.92 Å². The Morgan fingerprint density at radius 1 is 1.10 bits per heavy atom. The number of carbonyl (C=O) groups excluding carboxylic acids is 2. The van der Waals surface area contributed by atoms with Crippen LogP contribution in [-0.2, 0) is 9.59 Å². The molecule has 2 amide bonds. The normalized spacial score (nSPS) is 15.4. The van der Waals surface area contributed by atoms with Crippen LogP contribution in [0.5, 0.6) is 0 Å². The highest BCUT2D eigenvalue weighted by atomic mass is 32.2. The van der Waals surface area contributed by atoms with E-state index < -0.39 is 0 Å². The molecule has 1 saturated carbocycles. The third-order valence-electron chi connectivity index (χ3n) is 5.27. The second-order valence-corrected chi connectivity index (χ2v) is 10.8. The van der Waals surface area contributed by atoms with Gasteiger partial charge in [0, 0.05) is 21.9 Å². The summed E-state index contributed by atoms with van der Waals surface area (Å²) in [6.45, 7) is 1.88. The minimum atomic E-state index is -0.293. The number of anilines is 2. The minimum Gasteiger partial charge on any atom is -0.326 e. The number of rotatable bonds is 7. The van der Waals surface area contributed by atoms with E-state index in [1.54, 1.807) is 11.3 Å². The van der Waals surface area contributed by atoms with Crippen molar-refractivity contribution in [1.82, 2.24) is 4.98 Å². The summed E-state index contributed by atoms with van der Waals surface area (Å²) in [5.41, 5.74) is 1.67. The van der Waals surface area contributed by atoms with Gasteiger partial charge in [0.05, 0.1) is 15.8 Å². The lowest BCUT2D eigenvalue weighted by Gasteiger charge is -2.21. The molecule has 5 nitrogen and oxygen atoms in total. The molecule has 1 aliphatic rings. The molecule has 8 heteroatoms. The largest absolute Gasteiger partial charge is 0.326 e. The Morgan fingerprint density at radius 3 is 2.71 bits per heavy atom. The number of hydrogen-bond donors (Lipinski definition) is 2. The number of thioether (sulfide) groups is 1. The van der Waals surface area contributed by atoms with E-state index in [4.69, 9.17) is 0 Å². The summed E-state index contributed by atoms with van der Waals surface area (Å²) in [6.07, 6.45) is 5.44. The average molecular weight is 472 g/mol. The lowest BCUT2D eigenvalue weighted by Crippen LogP contribution is -2.24. The molecule has 0 saturated heterocycles. The standard InChI is InChI=1S/C23H25N3O2S3/c1-15(21(27)26-23-25-19(14-30-23)20-11-6-12-29-20)31-18-10-5-9-17(13-18)24-22(28)16-7-3-2-4-8-16/h5-6,9-16H,2-4,7-8H2,1H3,(H,24,28)(H,25,26,27). The van der Waals surface area contributed by atoms with E-state index in [2.05, 4.69) is 15.6 Å². The quantitative estimate of drug-likeness (QED) is 0.385. The predicted octanol–water partition coefficient (Wildman–Crippen LogP) is 6.51. The first kappa shape index (κ1) is 22.0. The Hall–Kier alpha value is -2.16. The summed E-state index contributed by atoms with van der Waals surface area (Å²) in [5.74, 6) is 0.138. The van der Waals surface area contributed by atoms with Crippen molar-refractivity contribution >= 4 is 57.1 Å². The van der Waals surface area contributed by atoms with Crippen LogP contribution >= 0.6 is 34.4 Å². The van der Waals surface area contributed by atoms with E-state index in [0.29, 0.717) is 5.13 Å². The van der Waals surface area contributed by atoms with E-state index in [1.165, 1.54) is 29.5 Å². The van der Waals surface area contributed by atoms with Gasteiger partial charge in [-0.2, -0.15) is 0 Å². The van der Waals surface area contributed by atoms with Crippen LogP contribution in [0.3, 0.4) is 0 Å². The zero-order valence-corrected chi connectivity index (χ0v) is 19.7. The third-order valence-corrected chi connectivity index (χ3v) is 8.01. The van der Waals surface area contributed by atoms with Gasteiger partial charge in [-0.1, -0.05) is 31.4 Å². The lowest BCUT2D eigenvalue weighted by atomic mass is 9.88. The fourth-order valence-corrected chi connectivity index (χ4v) is 5.99. The Labute approximate surface area is 194 Å². The Morgan fingerprint density at radius 2 is 1.94 bits per heavy atom. The number of hydrogen-bond acceptors (Lipinski definition) is 6. The van der Waals surface area contributed by atoms with E-state index in [0.717, 1.165) is 46.8 Å². The monoisotopic (exact) mass is 471 g/mol. The Balaban J connectivity index is 1.32. The van der Waals surface area contributed by atoms with Crippen LogP contribution in [0.15, 0.2) is 52.1 Å². The van der Waals surface area contributed by atoms with Gasteiger partial charge in [0.1, 0.15) is 0 Å². The molecule has 2 heterocycles. The molecule has 2 aromatic heterocycles. The van der Waals surface area contributed by atoms with Crippen LogP contribution in [0.25, 0.3) is 10.6 Å². The molecule has 0 radical (unpaired) electrons. The summed E-state index contributed by atoms with van der Waals surface area (Å²) in [7, 11) is 0. The first-order valence-corrected chi connectivity index (χ1v) is 13.1. The van der Waals surface area contributed by atoms with Gasteiger partial charge in [-0.25, -0.2) is 4.98 Å². The maximum Gasteiger partial charge on any atom is 0.239 e. The number of amides is 2. The van der Waals surface area contributed by atoms with Gasteiger partial charge in [0.15, 0.2) is 5.13 Å². The van der Waals surface area contributed by atoms with E-state index >= 15 is 0 Å².